The van der Waals surface area contributed by atoms with E-state index in [0.717, 1.165) is 34.1 Å². The first-order valence-electron chi connectivity index (χ1n) is 27.4. The van der Waals surface area contributed by atoms with Crippen LogP contribution in [0.2, 0.25) is 20.1 Å². The van der Waals surface area contributed by atoms with Gasteiger partial charge in [-0.05, 0) is 48.9 Å². The maximum absolute atomic E-state index is 14.9. The summed E-state index contributed by atoms with van der Waals surface area (Å²) in [6, 6.07) is 3.29. The van der Waals surface area contributed by atoms with Crippen molar-refractivity contribution in [2.24, 2.45) is 11.8 Å². The summed E-state index contributed by atoms with van der Waals surface area (Å²) in [5.41, 5.74) is -0.143. The molecule has 0 saturated carbocycles. The van der Waals surface area contributed by atoms with E-state index in [1.165, 1.54) is 24.3 Å². The Bertz CT molecular complexity index is 3360. The fourth-order valence-electron chi connectivity index (χ4n) is 10.3. The summed E-state index contributed by atoms with van der Waals surface area (Å²) in [5, 5.41) is 1.33. The second-order valence-electron chi connectivity index (χ2n) is 21.1. The van der Waals surface area contributed by atoms with Crippen molar-refractivity contribution >= 4 is 161 Å². The molecule has 2 heterocycles. The van der Waals surface area contributed by atoms with Gasteiger partial charge in [-0.3, -0.25) is 48.2 Å². The van der Waals surface area contributed by atoms with Crippen LogP contribution in [0.5, 0.6) is 0 Å². The third-order valence-electron chi connectivity index (χ3n) is 14.0. The molecule has 22 nitrogen and oxygen atoms in total. The van der Waals surface area contributed by atoms with Gasteiger partial charge >= 0.3 is 47.8 Å². The second kappa shape index (κ2) is 29.0. The van der Waals surface area contributed by atoms with Crippen LogP contribution >= 0.6 is 46.4 Å². The van der Waals surface area contributed by atoms with Gasteiger partial charge in [-0.2, -0.15) is 0 Å². The lowest BCUT2D eigenvalue weighted by molar-refractivity contribution is -0.165. The molecule has 88 heavy (non-hydrogen) atoms. The lowest BCUT2D eigenvalue weighted by atomic mass is 9.81. The number of nitrogens with zero attached hydrogens (tertiary/aromatic N) is 2. The molecule has 0 spiro atoms. The monoisotopic (exact) mass is 1290 g/mol. The summed E-state index contributed by atoms with van der Waals surface area (Å²) in [7, 11) is 0. The molecule has 0 radical (unpaired) electrons. The van der Waals surface area contributed by atoms with Crippen molar-refractivity contribution in [3.63, 3.8) is 0 Å². The van der Waals surface area contributed by atoms with Crippen LogP contribution in [0.3, 0.4) is 0 Å². The van der Waals surface area contributed by atoms with Crippen LogP contribution in [0.4, 0.5) is 0 Å². The molecule has 4 amide bonds. The van der Waals surface area contributed by atoms with E-state index in [4.69, 9.17) is 84.3 Å². The zero-order valence-electron chi connectivity index (χ0n) is 48.0. The third-order valence-corrected chi connectivity index (χ3v) is 15.2. The van der Waals surface area contributed by atoms with E-state index in [-0.39, 0.29) is 110 Å². The Balaban J connectivity index is 1.15. The molecule has 2 atom stereocenters. The fourth-order valence-corrected chi connectivity index (χ4v) is 11.5. The average molecular weight is 1290 g/mol. The lowest BCUT2D eigenvalue weighted by Crippen LogP contribution is -2.50. The number of carbonyl (C=O) groups excluding carboxylic acids is 12. The van der Waals surface area contributed by atoms with Gasteiger partial charge in [0.2, 0.25) is 0 Å². The number of ether oxygens (including phenoxy) is 8. The van der Waals surface area contributed by atoms with Gasteiger partial charge in [0.05, 0.1) is 60.0 Å². The van der Waals surface area contributed by atoms with Crippen molar-refractivity contribution in [3.05, 3.63) is 117 Å². The minimum Gasteiger partial charge on any atom is -0.463 e. The lowest BCUT2D eigenvalue weighted by Gasteiger charge is -2.36. The first kappa shape index (κ1) is 67.1. The Labute approximate surface area is 522 Å². The van der Waals surface area contributed by atoms with Crippen LogP contribution in [-0.4, -0.2) is 145 Å². The molecule has 7 rings (SSSR count). The van der Waals surface area contributed by atoms with Crippen molar-refractivity contribution in [2.45, 2.75) is 90.5 Å². The number of carbonyl (C=O) groups is 12. The smallest absolute Gasteiger partial charge is 0.330 e. The Morgan fingerprint density at radius 1 is 0.386 bits per heavy atom. The number of rotatable bonds is 30. The number of esters is 8. The molecular weight excluding hydrogens is 1230 g/mol. The SMILES string of the molecule is C=CC(=O)OCC(COC(=O)C=C)OC(=O)CCC(=O)OCC(CC(C)C)N1C(=O)c2cc(Cl)c3c4c(Cl)cc5c6c(cc(Cl)c(c7c(Cl)cc(c2c37)C1=O)c64)C(=O)N(C(COC(=O)CCC(=O)OC(COC(=O)C=C)COC(=O)C=C)CC(C)C)C5=O. The Hall–Kier alpha value is -8.44. The summed E-state index contributed by atoms with van der Waals surface area (Å²) in [4.78, 5) is 160. The first-order valence-corrected chi connectivity index (χ1v) is 28.9. The minimum absolute atomic E-state index is 0.0357. The van der Waals surface area contributed by atoms with E-state index in [1.54, 1.807) is 0 Å². The van der Waals surface area contributed by atoms with Crippen molar-refractivity contribution < 1.29 is 95.4 Å². The number of halogens is 4. The van der Waals surface area contributed by atoms with E-state index in [9.17, 15) is 57.5 Å². The molecule has 5 aromatic rings. The molecule has 0 fully saturated rings. The van der Waals surface area contributed by atoms with E-state index in [2.05, 4.69) is 26.3 Å². The molecule has 26 heteroatoms. The van der Waals surface area contributed by atoms with Crippen LogP contribution in [0.25, 0.3) is 43.1 Å². The van der Waals surface area contributed by atoms with Gasteiger partial charge in [-0.15, -0.1) is 0 Å². The molecule has 0 aromatic heterocycles. The van der Waals surface area contributed by atoms with Gasteiger partial charge in [-0.1, -0.05) is 100 Å². The van der Waals surface area contributed by atoms with Gasteiger partial charge in [0.25, 0.3) is 23.6 Å². The quantitative estimate of drug-likeness (QED) is 0.0103. The highest BCUT2D eigenvalue weighted by Gasteiger charge is 2.44. The largest absolute Gasteiger partial charge is 0.463 e. The van der Waals surface area contributed by atoms with Crippen LogP contribution < -0.4 is 0 Å². The molecule has 2 aliphatic heterocycles. The molecule has 0 aliphatic carbocycles. The highest BCUT2D eigenvalue weighted by molar-refractivity contribution is 6.56. The predicted octanol–water partition coefficient (Wildman–Crippen LogP) is 9.76. The normalized spacial score (nSPS) is 13.5. The number of benzene rings is 5. The zero-order chi connectivity index (χ0) is 64.6. The van der Waals surface area contributed by atoms with Gasteiger partial charge in [0, 0.05) is 87.5 Å². The molecule has 0 N–H and O–H groups in total. The number of fused-ring (bicyclic) bond motifs is 2. The maximum Gasteiger partial charge on any atom is 0.330 e. The molecule has 2 aliphatic rings. The average Bonchev–Trinajstić information content (AvgIpc) is 0.686. The first-order chi connectivity index (χ1) is 41.7. The molecule has 464 valence electrons. The van der Waals surface area contributed by atoms with Crippen LogP contribution in [0, 0.1) is 11.8 Å². The molecular formula is C62H58Cl4N2O20. The van der Waals surface area contributed by atoms with Gasteiger partial charge in [0.15, 0.2) is 12.2 Å². The zero-order valence-corrected chi connectivity index (χ0v) is 51.0. The highest BCUT2D eigenvalue weighted by atomic mass is 35.5. The number of hydrogen-bond acceptors (Lipinski definition) is 20. The van der Waals surface area contributed by atoms with Crippen LogP contribution in [-0.2, 0) is 76.3 Å². The molecule has 2 unspecified atom stereocenters. The van der Waals surface area contributed by atoms with E-state index in [1.807, 2.05) is 27.7 Å². The summed E-state index contributed by atoms with van der Waals surface area (Å²) in [6.07, 6.45) is -0.814. The minimum atomic E-state index is -1.25. The van der Waals surface area contributed by atoms with Crippen LogP contribution in [0.1, 0.15) is 108 Å². The predicted molar refractivity (Wildman–Crippen MR) is 320 cm³/mol. The van der Waals surface area contributed by atoms with E-state index >= 15 is 0 Å². The summed E-state index contributed by atoms with van der Waals surface area (Å²) in [5.74, 6) is -10.6. The maximum atomic E-state index is 14.9. The van der Waals surface area contributed by atoms with Crippen molar-refractivity contribution in [1.82, 2.24) is 9.80 Å². The van der Waals surface area contributed by atoms with Gasteiger partial charge in [0.1, 0.15) is 39.6 Å². The third kappa shape index (κ3) is 14.7. The highest BCUT2D eigenvalue weighted by Crippen LogP contribution is 2.54. The summed E-state index contributed by atoms with van der Waals surface area (Å²) >= 11 is 29.0. The number of imide groups is 2. The molecule has 0 bridgehead atoms. The van der Waals surface area contributed by atoms with Crippen molar-refractivity contribution in [3.8, 4) is 0 Å². The topological polar surface area (TPSA) is 285 Å². The van der Waals surface area contributed by atoms with E-state index < -0.39 is 161 Å². The van der Waals surface area contributed by atoms with Gasteiger partial charge < -0.3 is 37.9 Å². The number of amides is 4. The second-order valence-corrected chi connectivity index (χ2v) is 22.7. The van der Waals surface area contributed by atoms with Crippen molar-refractivity contribution in [1.29, 1.82) is 0 Å². The fraction of sp³-hybridized carbons (Fsp3) is 0.355. The van der Waals surface area contributed by atoms with Crippen LogP contribution in [0.15, 0.2) is 74.9 Å². The Morgan fingerprint density at radius 2 is 0.636 bits per heavy atom. The standard InChI is InChI=1S/C62H58Cl4N2O20/c1-9-43(69)83-25-33(26-84-44(70)10-2)87-49(75)15-13-47(73)81-23-31(17-29(5)6)67-59(77)35-19-39(63)53-55-41(65)21-37-52-38(22-42(66)56(58(52)55)54-40(64)20-36(60(67)78)51(35)57(53)54)62(80)68(61(37)79)32(18-30(7)8)24-82-48(74)14-16-50(76)88-34(27-85-45(71)11-3)28-86-46(72)12-4/h9-12,19-22,29-34H,1-4,13-18,23-28H2,5-8H3. The Kier molecular flexibility index (Phi) is 22.1. The summed E-state index contributed by atoms with van der Waals surface area (Å²) < 4.78 is 41.4. The van der Waals surface area contributed by atoms with Crippen molar-refractivity contribution in [2.75, 3.05) is 39.6 Å². The Morgan fingerprint density at radius 3 is 0.875 bits per heavy atom. The molecule has 0 saturated heterocycles. The summed E-state index contributed by atoms with van der Waals surface area (Å²) in [6.45, 7) is 17.4. The van der Waals surface area contributed by atoms with E-state index in [0.29, 0.717) is 0 Å². The molecule has 5 aromatic carbocycles. The van der Waals surface area contributed by atoms with Gasteiger partial charge in [-0.25, -0.2) is 19.2 Å². The number of hydrogen-bond donors (Lipinski definition) is 0.